The van der Waals surface area contributed by atoms with Gasteiger partial charge in [0.2, 0.25) is 0 Å². The predicted octanol–water partition coefficient (Wildman–Crippen LogP) is 6.12. The molecule has 0 aliphatic rings. The SMILES string of the molecule is CC(CCCOCCCOCCCC(C)(C)C(=O)OCc1ccccc1)C(=O)OCc1ccccc1. The van der Waals surface area contributed by atoms with Gasteiger partial charge in [0, 0.05) is 26.4 Å². The average molecular weight is 499 g/mol. The number of carbonyl (C=O) groups is 2. The van der Waals surface area contributed by atoms with E-state index in [1.54, 1.807) is 0 Å². The van der Waals surface area contributed by atoms with Gasteiger partial charge in [0.15, 0.2) is 0 Å². The third-order valence-electron chi connectivity index (χ3n) is 5.99. The van der Waals surface area contributed by atoms with Gasteiger partial charge in [0.1, 0.15) is 13.2 Å². The molecule has 0 aliphatic heterocycles. The predicted molar refractivity (Wildman–Crippen MR) is 140 cm³/mol. The van der Waals surface area contributed by atoms with Crippen molar-refractivity contribution in [3.05, 3.63) is 71.8 Å². The van der Waals surface area contributed by atoms with E-state index >= 15 is 0 Å². The fraction of sp³-hybridized carbons (Fsp3) is 0.533. The first-order chi connectivity index (χ1) is 17.4. The number of benzene rings is 2. The topological polar surface area (TPSA) is 71.1 Å². The molecule has 0 bridgehead atoms. The molecular formula is C30H42O6. The van der Waals surface area contributed by atoms with Crippen molar-refractivity contribution in [3.8, 4) is 0 Å². The van der Waals surface area contributed by atoms with Gasteiger partial charge < -0.3 is 18.9 Å². The summed E-state index contributed by atoms with van der Waals surface area (Å²) in [6, 6.07) is 19.4. The Kier molecular flexibility index (Phi) is 13.8. The van der Waals surface area contributed by atoms with Crippen LogP contribution < -0.4 is 0 Å². The molecule has 0 amide bonds. The van der Waals surface area contributed by atoms with Gasteiger partial charge in [-0.05, 0) is 57.1 Å². The standard InChI is InChI=1S/C30H42O6/c1-25(28(31)35-23-26-14-6-4-7-15-26)13-10-19-33-21-12-22-34-20-11-18-30(2,3)29(32)36-24-27-16-8-5-9-17-27/h4-9,14-17,25H,10-13,18-24H2,1-3H3. The van der Waals surface area contributed by atoms with Crippen molar-refractivity contribution in [2.24, 2.45) is 11.3 Å². The lowest BCUT2D eigenvalue weighted by molar-refractivity contribution is -0.156. The largest absolute Gasteiger partial charge is 0.461 e. The van der Waals surface area contributed by atoms with E-state index in [-0.39, 0.29) is 17.9 Å². The summed E-state index contributed by atoms with van der Waals surface area (Å²) in [7, 11) is 0. The fourth-order valence-corrected chi connectivity index (χ4v) is 3.58. The van der Waals surface area contributed by atoms with Gasteiger partial charge in [-0.1, -0.05) is 67.6 Å². The van der Waals surface area contributed by atoms with Crippen LogP contribution >= 0.6 is 0 Å². The highest BCUT2D eigenvalue weighted by atomic mass is 16.5. The summed E-state index contributed by atoms with van der Waals surface area (Å²) in [6.07, 6.45) is 3.89. The zero-order valence-corrected chi connectivity index (χ0v) is 22.1. The molecule has 0 fully saturated rings. The second-order valence-electron chi connectivity index (χ2n) is 9.76. The maximum Gasteiger partial charge on any atom is 0.311 e. The molecule has 1 unspecified atom stereocenters. The van der Waals surface area contributed by atoms with Gasteiger partial charge in [-0.15, -0.1) is 0 Å². The minimum atomic E-state index is -0.535. The van der Waals surface area contributed by atoms with Crippen LogP contribution in [0.4, 0.5) is 0 Å². The molecule has 6 heteroatoms. The van der Waals surface area contributed by atoms with Crippen LogP contribution in [0.5, 0.6) is 0 Å². The molecule has 0 saturated heterocycles. The second kappa shape index (κ2) is 16.9. The third-order valence-corrected chi connectivity index (χ3v) is 5.99. The van der Waals surface area contributed by atoms with Gasteiger partial charge in [-0.25, -0.2) is 0 Å². The molecule has 0 heterocycles. The first kappa shape index (κ1) is 29.5. The highest BCUT2D eigenvalue weighted by Crippen LogP contribution is 2.25. The Bertz CT molecular complexity index is 866. The van der Waals surface area contributed by atoms with Crippen LogP contribution in [0.1, 0.15) is 64.0 Å². The van der Waals surface area contributed by atoms with Crippen molar-refractivity contribution in [3.63, 3.8) is 0 Å². The normalized spacial score (nSPS) is 12.2. The van der Waals surface area contributed by atoms with Crippen LogP contribution in [0, 0.1) is 11.3 Å². The average Bonchev–Trinajstić information content (AvgIpc) is 2.89. The van der Waals surface area contributed by atoms with Crippen LogP contribution in [-0.2, 0) is 41.8 Å². The van der Waals surface area contributed by atoms with Gasteiger partial charge in [-0.3, -0.25) is 9.59 Å². The highest BCUT2D eigenvalue weighted by Gasteiger charge is 2.28. The van der Waals surface area contributed by atoms with Crippen LogP contribution in [0.25, 0.3) is 0 Å². The Labute approximate surface area is 216 Å². The van der Waals surface area contributed by atoms with E-state index in [0.717, 1.165) is 36.8 Å². The first-order valence-corrected chi connectivity index (χ1v) is 13.0. The van der Waals surface area contributed by atoms with Gasteiger partial charge in [-0.2, -0.15) is 0 Å². The Morgan fingerprint density at radius 2 is 1.22 bits per heavy atom. The molecule has 1 atom stereocenters. The van der Waals surface area contributed by atoms with Crippen molar-refractivity contribution in [2.45, 2.75) is 66.1 Å². The van der Waals surface area contributed by atoms with Gasteiger partial charge in [0.25, 0.3) is 0 Å². The number of esters is 2. The molecule has 6 nitrogen and oxygen atoms in total. The summed E-state index contributed by atoms with van der Waals surface area (Å²) < 4.78 is 22.2. The molecule has 0 aliphatic carbocycles. The van der Waals surface area contributed by atoms with Crippen molar-refractivity contribution in [1.29, 1.82) is 0 Å². The van der Waals surface area contributed by atoms with Gasteiger partial charge >= 0.3 is 11.9 Å². The molecule has 0 aromatic heterocycles. The van der Waals surface area contributed by atoms with Crippen molar-refractivity contribution < 1.29 is 28.5 Å². The van der Waals surface area contributed by atoms with E-state index in [0.29, 0.717) is 46.1 Å². The van der Waals surface area contributed by atoms with E-state index in [2.05, 4.69) is 0 Å². The molecule has 0 N–H and O–H groups in total. The summed E-state index contributed by atoms with van der Waals surface area (Å²) in [5, 5.41) is 0. The van der Waals surface area contributed by atoms with Crippen molar-refractivity contribution >= 4 is 11.9 Å². The van der Waals surface area contributed by atoms with Crippen LogP contribution in [0.3, 0.4) is 0 Å². The van der Waals surface area contributed by atoms with Crippen LogP contribution in [0.15, 0.2) is 60.7 Å². The zero-order valence-electron chi connectivity index (χ0n) is 22.1. The molecule has 0 saturated carbocycles. The second-order valence-corrected chi connectivity index (χ2v) is 9.76. The lowest BCUT2D eigenvalue weighted by Gasteiger charge is -2.22. The first-order valence-electron chi connectivity index (χ1n) is 13.0. The van der Waals surface area contributed by atoms with Crippen LogP contribution in [0.2, 0.25) is 0 Å². The summed E-state index contributed by atoms with van der Waals surface area (Å²) in [5.74, 6) is -0.487. The molecule has 2 rings (SSSR count). The lowest BCUT2D eigenvalue weighted by Crippen LogP contribution is -2.27. The Balaban J connectivity index is 1.41. The Morgan fingerprint density at radius 3 is 1.81 bits per heavy atom. The van der Waals surface area contributed by atoms with Crippen molar-refractivity contribution in [1.82, 2.24) is 0 Å². The zero-order chi connectivity index (χ0) is 26.1. The molecular weight excluding hydrogens is 456 g/mol. The molecule has 0 radical (unpaired) electrons. The molecule has 198 valence electrons. The minimum absolute atomic E-state index is 0.138. The Hall–Kier alpha value is -2.70. The summed E-state index contributed by atoms with van der Waals surface area (Å²) in [4.78, 5) is 24.5. The third kappa shape index (κ3) is 12.3. The van der Waals surface area contributed by atoms with E-state index in [4.69, 9.17) is 18.9 Å². The monoisotopic (exact) mass is 498 g/mol. The summed E-state index contributed by atoms with van der Waals surface area (Å²) in [6.45, 7) is 8.83. The number of ether oxygens (including phenoxy) is 4. The number of hydrogen-bond acceptors (Lipinski definition) is 6. The van der Waals surface area contributed by atoms with Gasteiger partial charge in [0.05, 0.1) is 11.3 Å². The molecule has 36 heavy (non-hydrogen) atoms. The van der Waals surface area contributed by atoms with E-state index < -0.39 is 5.41 Å². The Morgan fingerprint density at radius 1 is 0.722 bits per heavy atom. The number of rotatable bonds is 18. The number of carbonyl (C=O) groups excluding carboxylic acids is 2. The quantitative estimate of drug-likeness (QED) is 0.182. The maximum absolute atomic E-state index is 12.4. The van der Waals surface area contributed by atoms with E-state index in [9.17, 15) is 9.59 Å². The maximum atomic E-state index is 12.4. The summed E-state index contributed by atoms with van der Waals surface area (Å²) >= 11 is 0. The highest BCUT2D eigenvalue weighted by molar-refractivity contribution is 5.75. The molecule has 2 aromatic carbocycles. The molecule has 2 aromatic rings. The summed E-state index contributed by atoms with van der Waals surface area (Å²) in [5.41, 5.74) is 1.45. The van der Waals surface area contributed by atoms with E-state index in [1.807, 2.05) is 81.4 Å². The van der Waals surface area contributed by atoms with Crippen LogP contribution in [-0.4, -0.2) is 38.4 Å². The van der Waals surface area contributed by atoms with Crippen molar-refractivity contribution in [2.75, 3.05) is 26.4 Å². The number of hydrogen-bond donors (Lipinski definition) is 0. The van der Waals surface area contributed by atoms with E-state index in [1.165, 1.54) is 0 Å². The fourth-order valence-electron chi connectivity index (χ4n) is 3.58. The minimum Gasteiger partial charge on any atom is -0.461 e. The molecule has 0 spiro atoms. The smallest absolute Gasteiger partial charge is 0.311 e. The lowest BCUT2D eigenvalue weighted by atomic mass is 9.88.